The van der Waals surface area contributed by atoms with Crippen LogP contribution in [-0.4, -0.2) is 45.2 Å². The van der Waals surface area contributed by atoms with Crippen LogP contribution in [0.2, 0.25) is 0 Å². The van der Waals surface area contributed by atoms with Gasteiger partial charge in [0, 0.05) is 31.8 Å². The van der Waals surface area contributed by atoms with Crippen LogP contribution in [0.25, 0.3) is 0 Å². The number of Topliss-reactive ketones (excluding diaryl/α,β-unsaturated/α-hetero) is 1. The number of hydrogen-bond acceptors (Lipinski definition) is 6. The highest BCUT2D eigenvalue weighted by atomic mass is 28.4. The predicted molar refractivity (Wildman–Crippen MR) is 183 cm³/mol. The highest BCUT2D eigenvalue weighted by molar-refractivity contribution is 6.62. The fourth-order valence-corrected chi connectivity index (χ4v) is 8.68. The van der Waals surface area contributed by atoms with Crippen LogP contribution in [0.5, 0.6) is 11.5 Å². The van der Waals surface area contributed by atoms with Gasteiger partial charge in [0.15, 0.2) is 11.5 Å². The van der Waals surface area contributed by atoms with Crippen molar-refractivity contribution in [2.75, 3.05) is 19.8 Å². The van der Waals surface area contributed by atoms with Crippen molar-refractivity contribution < 1.29 is 27.9 Å². The lowest BCUT2D eigenvalue weighted by Gasteiger charge is -2.34. The average molecular weight is 629 g/mol. The van der Waals surface area contributed by atoms with Crippen LogP contribution in [0.1, 0.15) is 146 Å². The van der Waals surface area contributed by atoms with Gasteiger partial charge in [0.25, 0.3) is 0 Å². The Kier molecular flexibility index (Phi) is 19.3. The first-order valence-electron chi connectivity index (χ1n) is 17.5. The van der Waals surface area contributed by atoms with E-state index in [-0.39, 0.29) is 17.5 Å². The van der Waals surface area contributed by atoms with Crippen LogP contribution in [-0.2, 0) is 13.3 Å². The summed E-state index contributed by atoms with van der Waals surface area (Å²) in [6.07, 6.45) is 16.8. The third-order valence-corrected chi connectivity index (χ3v) is 11.6. The molecule has 7 heteroatoms. The summed E-state index contributed by atoms with van der Waals surface area (Å²) >= 11 is 0. The predicted octanol–water partition coefficient (Wildman–Crippen LogP) is 10.2. The summed E-state index contributed by atoms with van der Waals surface area (Å²) in [5, 5.41) is 11.0. The van der Waals surface area contributed by atoms with Crippen molar-refractivity contribution in [1.82, 2.24) is 0 Å². The van der Waals surface area contributed by atoms with Gasteiger partial charge in [-0.25, -0.2) is 0 Å². The topological polar surface area (TPSA) is 74.2 Å². The molecule has 0 amide bonds. The molecule has 2 rings (SSSR count). The Morgan fingerprint density at radius 2 is 1.23 bits per heavy atom. The van der Waals surface area contributed by atoms with Gasteiger partial charge in [-0.1, -0.05) is 121 Å². The van der Waals surface area contributed by atoms with Crippen molar-refractivity contribution in [2.45, 2.75) is 136 Å². The minimum Gasteiger partial charge on any atom is -0.507 e. The lowest BCUT2D eigenvalue weighted by molar-refractivity contribution is 0.0282. The number of aromatic hydroxyl groups is 1. The second kappa shape index (κ2) is 22.3. The van der Waals surface area contributed by atoms with Crippen molar-refractivity contribution >= 4 is 14.6 Å². The summed E-state index contributed by atoms with van der Waals surface area (Å²) in [5.41, 5.74) is 0.875. The number of ether oxygens (including phenoxy) is 1. The number of rotatable bonds is 26. The molecule has 2 atom stereocenters. The molecule has 248 valence electrons. The van der Waals surface area contributed by atoms with Gasteiger partial charge in [0.2, 0.25) is 0 Å². The number of ketones is 1. The van der Waals surface area contributed by atoms with E-state index in [0.29, 0.717) is 37.6 Å². The first-order chi connectivity index (χ1) is 21.5. The quantitative estimate of drug-likeness (QED) is 0.0635. The van der Waals surface area contributed by atoms with Gasteiger partial charge in [-0.05, 0) is 51.3 Å². The zero-order chi connectivity index (χ0) is 32.0. The molecule has 0 heterocycles. The highest BCUT2D eigenvalue weighted by Gasteiger charge is 2.50. The molecule has 0 aliphatic rings. The monoisotopic (exact) mass is 628 g/mol. The maximum Gasteiger partial charge on any atom is 0.543 e. The zero-order valence-corrected chi connectivity index (χ0v) is 29.3. The molecule has 0 fully saturated rings. The van der Waals surface area contributed by atoms with Crippen molar-refractivity contribution in [3.8, 4) is 11.5 Å². The van der Waals surface area contributed by atoms with Gasteiger partial charge in [0.05, 0.1) is 5.56 Å². The van der Waals surface area contributed by atoms with E-state index in [1.807, 2.05) is 58.0 Å². The molecule has 0 aliphatic heterocycles. The van der Waals surface area contributed by atoms with E-state index in [1.165, 1.54) is 70.3 Å². The fraction of sp³-hybridized carbons (Fsp3) is 0.649. The molecule has 0 bridgehead atoms. The second-order valence-corrected chi connectivity index (χ2v) is 14.3. The van der Waals surface area contributed by atoms with E-state index in [1.54, 1.807) is 12.1 Å². The molecule has 0 aromatic heterocycles. The molecule has 6 nitrogen and oxygen atoms in total. The zero-order valence-electron chi connectivity index (χ0n) is 28.3. The van der Waals surface area contributed by atoms with E-state index < -0.39 is 14.5 Å². The minimum absolute atomic E-state index is 0.0583. The standard InChI is InChI=1S/C37H60O6Si/c1-6-11-12-13-14-15-16-17-18-19-20-24-27-33(31-25-22-21-23-26-31)37(39)34-29-28-32(30-35(34)38)43-36(7-2)44(40-8-3,41-9-4)42-10-5/h21-23,25-26,28-30,33,36,38H,6-20,24,27H2,1-5H3. The lowest BCUT2D eigenvalue weighted by atomic mass is 9.86. The van der Waals surface area contributed by atoms with E-state index in [9.17, 15) is 9.90 Å². The maximum absolute atomic E-state index is 13.8. The first kappa shape index (κ1) is 38.0. The highest BCUT2D eigenvalue weighted by Crippen LogP contribution is 2.33. The minimum atomic E-state index is -3.13. The van der Waals surface area contributed by atoms with E-state index in [2.05, 4.69) is 6.92 Å². The molecular weight excluding hydrogens is 568 g/mol. The summed E-state index contributed by atoms with van der Waals surface area (Å²) in [5.74, 6) is 0.0277. The van der Waals surface area contributed by atoms with Gasteiger partial charge >= 0.3 is 8.80 Å². The van der Waals surface area contributed by atoms with Crippen molar-refractivity contribution in [3.05, 3.63) is 59.7 Å². The number of phenols is 1. The molecule has 0 radical (unpaired) electrons. The van der Waals surface area contributed by atoms with Gasteiger partial charge in [-0.2, -0.15) is 0 Å². The summed E-state index contributed by atoms with van der Waals surface area (Å²) in [4.78, 5) is 13.8. The Hall–Kier alpha value is -2.19. The summed E-state index contributed by atoms with van der Waals surface area (Å²) in [6.45, 7) is 11.4. The number of benzene rings is 2. The Balaban J connectivity index is 2.02. The van der Waals surface area contributed by atoms with Crippen LogP contribution in [0.3, 0.4) is 0 Å². The summed E-state index contributed by atoms with van der Waals surface area (Å²) in [6, 6.07) is 14.9. The lowest BCUT2D eigenvalue weighted by Crippen LogP contribution is -2.58. The van der Waals surface area contributed by atoms with Crippen molar-refractivity contribution in [1.29, 1.82) is 0 Å². The number of phenolic OH excluding ortho intramolecular Hbond substituents is 1. The van der Waals surface area contributed by atoms with Crippen LogP contribution in [0.15, 0.2) is 48.5 Å². The van der Waals surface area contributed by atoms with E-state index in [0.717, 1.165) is 24.8 Å². The molecule has 2 aromatic rings. The molecular formula is C37H60O6Si. The molecule has 44 heavy (non-hydrogen) atoms. The van der Waals surface area contributed by atoms with Crippen LogP contribution >= 0.6 is 0 Å². The first-order valence-corrected chi connectivity index (χ1v) is 19.3. The fourth-order valence-electron chi connectivity index (χ4n) is 5.88. The van der Waals surface area contributed by atoms with E-state index >= 15 is 0 Å². The number of hydrogen-bond donors (Lipinski definition) is 1. The Labute approximate surface area is 269 Å². The smallest absolute Gasteiger partial charge is 0.507 e. The Morgan fingerprint density at radius 1 is 0.705 bits per heavy atom. The SMILES string of the molecule is CCCCCCCCCCCCCCC(C(=O)c1ccc(OC(CC)[Si](OCC)(OCC)OCC)cc1O)c1ccccc1. The maximum atomic E-state index is 13.8. The van der Waals surface area contributed by atoms with Crippen LogP contribution < -0.4 is 4.74 Å². The largest absolute Gasteiger partial charge is 0.543 e. The van der Waals surface area contributed by atoms with Crippen molar-refractivity contribution in [3.63, 3.8) is 0 Å². The Bertz CT molecular complexity index is 1010. The molecule has 0 saturated heterocycles. The molecule has 0 spiro atoms. The molecule has 0 aliphatic carbocycles. The van der Waals surface area contributed by atoms with Gasteiger partial charge < -0.3 is 23.1 Å². The summed E-state index contributed by atoms with van der Waals surface area (Å²) < 4.78 is 24.5. The Morgan fingerprint density at radius 3 is 1.70 bits per heavy atom. The molecule has 2 unspecified atom stereocenters. The molecule has 0 saturated carbocycles. The average Bonchev–Trinajstić information content (AvgIpc) is 3.02. The second-order valence-electron chi connectivity index (χ2n) is 11.6. The van der Waals surface area contributed by atoms with Gasteiger partial charge in [-0.3, -0.25) is 4.79 Å². The van der Waals surface area contributed by atoms with Gasteiger partial charge in [0.1, 0.15) is 11.5 Å². The number of carbonyl (C=O) groups is 1. The summed E-state index contributed by atoms with van der Waals surface area (Å²) in [7, 11) is -3.13. The van der Waals surface area contributed by atoms with E-state index in [4.69, 9.17) is 18.0 Å². The third kappa shape index (κ3) is 12.7. The number of carbonyl (C=O) groups excluding carboxylic acids is 1. The molecule has 2 aromatic carbocycles. The normalized spacial score (nSPS) is 13.1. The molecule has 1 N–H and O–H groups in total. The van der Waals surface area contributed by atoms with Crippen LogP contribution in [0, 0.1) is 0 Å². The van der Waals surface area contributed by atoms with Gasteiger partial charge in [-0.15, -0.1) is 0 Å². The number of unbranched alkanes of at least 4 members (excludes halogenated alkanes) is 11. The third-order valence-electron chi connectivity index (χ3n) is 8.18. The van der Waals surface area contributed by atoms with Crippen molar-refractivity contribution in [2.24, 2.45) is 0 Å². The van der Waals surface area contributed by atoms with Crippen LogP contribution in [0.4, 0.5) is 0 Å².